The van der Waals surface area contributed by atoms with Gasteiger partial charge in [0.15, 0.2) is 5.69 Å². The number of rotatable bonds is 9. The summed E-state index contributed by atoms with van der Waals surface area (Å²) in [4.78, 5) is 42.0. The molecule has 8 nitrogen and oxygen atoms in total. The number of methoxy groups -OCH3 is 1. The molecule has 0 atom stereocenters. The molecule has 8 heteroatoms. The summed E-state index contributed by atoms with van der Waals surface area (Å²) in [6.45, 7) is 2.55. The number of carbonyl (C=O) groups excluding carboxylic acids is 1. The molecule has 3 N–H and O–H groups in total. The Balaban J connectivity index is 1.97. The van der Waals surface area contributed by atoms with Gasteiger partial charge in [0.2, 0.25) is 5.91 Å². The average molecular weight is 437 g/mol. The summed E-state index contributed by atoms with van der Waals surface area (Å²) in [6.07, 6.45) is 0.706. The van der Waals surface area contributed by atoms with Crippen LogP contribution in [-0.2, 0) is 29.0 Å². The van der Waals surface area contributed by atoms with E-state index >= 15 is 0 Å². The van der Waals surface area contributed by atoms with E-state index in [0.717, 1.165) is 16.7 Å². The monoisotopic (exact) mass is 436 g/mol. The molecule has 3 rings (SSSR count). The fourth-order valence-electron chi connectivity index (χ4n) is 3.44. The van der Waals surface area contributed by atoms with E-state index in [9.17, 15) is 14.4 Å². The number of aromatic nitrogens is 2. The molecule has 0 saturated carbocycles. The van der Waals surface area contributed by atoms with Gasteiger partial charge in [-0.15, -0.1) is 0 Å². The van der Waals surface area contributed by atoms with Crippen molar-refractivity contribution in [1.82, 2.24) is 9.55 Å². The summed E-state index contributed by atoms with van der Waals surface area (Å²) in [7, 11) is 1.50. The second kappa shape index (κ2) is 10.6. The van der Waals surface area contributed by atoms with E-state index in [1.807, 2.05) is 61.5 Å². The first-order valence-electron chi connectivity index (χ1n) is 10.4. The molecule has 168 valence electrons. The van der Waals surface area contributed by atoms with Gasteiger partial charge in [-0.2, -0.15) is 0 Å². The predicted molar refractivity (Wildman–Crippen MR) is 125 cm³/mol. The molecule has 0 aliphatic carbocycles. The lowest BCUT2D eigenvalue weighted by molar-refractivity contribution is -0.118. The van der Waals surface area contributed by atoms with E-state index in [0.29, 0.717) is 6.42 Å². The molecule has 0 radical (unpaired) electrons. The highest BCUT2D eigenvalue weighted by molar-refractivity contribution is 5.95. The van der Waals surface area contributed by atoms with Gasteiger partial charge in [0.05, 0.1) is 19.7 Å². The molecule has 0 aliphatic rings. The number of carbonyl (C=O) groups is 1. The second-order valence-corrected chi connectivity index (χ2v) is 7.59. The Morgan fingerprint density at radius 3 is 2.41 bits per heavy atom. The quantitative estimate of drug-likeness (QED) is 0.535. The molecule has 0 saturated heterocycles. The zero-order chi connectivity index (χ0) is 23.1. The zero-order valence-corrected chi connectivity index (χ0v) is 18.3. The van der Waals surface area contributed by atoms with E-state index < -0.39 is 11.2 Å². The fraction of sp³-hybridized carbons (Fsp3) is 0.292. The molecule has 1 heterocycles. The molecule has 0 bridgehead atoms. The average Bonchev–Trinajstić information content (AvgIpc) is 2.78. The van der Waals surface area contributed by atoms with E-state index in [-0.39, 0.29) is 43.5 Å². The van der Waals surface area contributed by atoms with Crippen LogP contribution in [0.3, 0.4) is 0 Å². The Kier molecular flexibility index (Phi) is 7.62. The van der Waals surface area contributed by atoms with Gasteiger partial charge in [-0.1, -0.05) is 60.2 Å². The largest absolute Gasteiger partial charge is 0.383 e. The zero-order valence-electron chi connectivity index (χ0n) is 18.3. The standard InChI is InChI=1S/C24H28N4O4/c1-17-8-10-18(11-9-17)12-13-20(29)28(16-19-6-4-3-5-7-19)21-22(25)27(14-15-32-2)24(31)26-23(21)30/h3-11H,12-16,25H2,1-2H3,(H,26,30,31). The van der Waals surface area contributed by atoms with Crippen LogP contribution in [0.5, 0.6) is 0 Å². The van der Waals surface area contributed by atoms with Crippen LogP contribution in [0, 0.1) is 6.92 Å². The van der Waals surface area contributed by atoms with Gasteiger partial charge >= 0.3 is 5.69 Å². The maximum absolute atomic E-state index is 13.3. The van der Waals surface area contributed by atoms with E-state index in [2.05, 4.69) is 4.98 Å². The number of nitrogens with two attached hydrogens (primary N) is 1. The van der Waals surface area contributed by atoms with Gasteiger partial charge < -0.3 is 15.4 Å². The van der Waals surface area contributed by atoms with Gasteiger partial charge in [-0.05, 0) is 24.5 Å². The maximum atomic E-state index is 13.3. The van der Waals surface area contributed by atoms with Gasteiger partial charge in [-0.25, -0.2) is 4.79 Å². The molecule has 0 aliphatic heterocycles. The Morgan fingerprint density at radius 2 is 1.75 bits per heavy atom. The molecular formula is C24H28N4O4. The molecule has 0 spiro atoms. The summed E-state index contributed by atoms with van der Waals surface area (Å²) in [5.74, 6) is -0.320. The van der Waals surface area contributed by atoms with Crippen LogP contribution >= 0.6 is 0 Å². The first-order valence-corrected chi connectivity index (χ1v) is 10.4. The van der Waals surface area contributed by atoms with Crippen LogP contribution in [-0.4, -0.2) is 29.2 Å². The van der Waals surface area contributed by atoms with Crippen molar-refractivity contribution < 1.29 is 9.53 Å². The minimum atomic E-state index is -0.694. The van der Waals surface area contributed by atoms with Crippen LogP contribution in [0.15, 0.2) is 64.2 Å². The highest BCUT2D eigenvalue weighted by Crippen LogP contribution is 2.21. The number of H-pyrrole nitrogens is 1. The lowest BCUT2D eigenvalue weighted by Gasteiger charge is -2.25. The van der Waals surface area contributed by atoms with Crippen molar-refractivity contribution >= 4 is 17.4 Å². The molecule has 1 aromatic heterocycles. The number of amides is 1. The Hall–Kier alpha value is -3.65. The van der Waals surface area contributed by atoms with E-state index in [1.54, 1.807) is 0 Å². The number of nitrogens with one attached hydrogen (secondary N) is 1. The lowest BCUT2D eigenvalue weighted by atomic mass is 10.1. The number of nitrogen functional groups attached to an aromatic ring is 1. The minimum Gasteiger partial charge on any atom is -0.383 e. The number of hydrogen-bond acceptors (Lipinski definition) is 5. The van der Waals surface area contributed by atoms with Crippen molar-refractivity contribution in [1.29, 1.82) is 0 Å². The van der Waals surface area contributed by atoms with Gasteiger partial charge in [0, 0.05) is 13.5 Å². The lowest BCUT2D eigenvalue weighted by Crippen LogP contribution is -2.41. The molecule has 0 fully saturated rings. The molecule has 1 amide bonds. The SMILES string of the molecule is COCCn1c(N)c(N(Cc2ccccc2)C(=O)CCc2ccc(C)cc2)c(=O)[nH]c1=O. The number of aryl methyl sites for hydroxylation is 2. The maximum Gasteiger partial charge on any atom is 0.330 e. The number of aromatic amines is 1. The third-order valence-electron chi connectivity index (χ3n) is 5.24. The third-order valence-corrected chi connectivity index (χ3v) is 5.24. The Labute approximate surface area is 186 Å². The van der Waals surface area contributed by atoms with Crippen LogP contribution in [0.2, 0.25) is 0 Å². The summed E-state index contributed by atoms with van der Waals surface area (Å²) < 4.78 is 6.25. The van der Waals surface area contributed by atoms with Crippen molar-refractivity contribution in [2.45, 2.75) is 32.9 Å². The van der Waals surface area contributed by atoms with Crippen LogP contribution in [0.4, 0.5) is 11.5 Å². The number of hydrogen-bond donors (Lipinski definition) is 2. The van der Waals surface area contributed by atoms with Crippen molar-refractivity contribution in [3.05, 3.63) is 92.1 Å². The van der Waals surface area contributed by atoms with Gasteiger partial charge in [0.1, 0.15) is 5.82 Å². The first-order chi connectivity index (χ1) is 15.4. The Morgan fingerprint density at radius 1 is 1.06 bits per heavy atom. The highest BCUT2D eigenvalue weighted by Gasteiger charge is 2.24. The molecular weight excluding hydrogens is 408 g/mol. The van der Waals surface area contributed by atoms with Crippen LogP contribution in [0.25, 0.3) is 0 Å². The molecule has 2 aromatic carbocycles. The van der Waals surface area contributed by atoms with Gasteiger partial charge in [-0.3, -0.25) is 19.1 Å². The molecule has 3 aromatic rings. The number of ether oxygens (including phenoxy) is 1. The van der Waals surface area contributed by atoms with E-state index in [1.165, 1.54) is 16.6 Å². The van der Waals surface area contributed by atoms with E-state index in [4.69, 9.17) is 10.5 Å². The van der Waals surface area contributed by atoms with Crippen LogP contribution < -0.4 is 21.9 Å². The number of anilines is 2. The number of benzene rings is 2. The summed E-state index contributed by atoms with van der Waals surface area (Å²) >= 11 is 0. The summed E-state index contributed by atoms with van der Waals surface area (Å²) in [5.41, 5.74) is 7.88. The second-order valence-electron chi connectivity index (χ2n) is 7.59. The highest BCUT2D eigenvalue weighted by atomic mass is 16.5. The topological polar surface area (TPSA) is 110 Å². The van der Waals surface area contributed by atoms with Crippen molar-refractivity contribution in [3.63, 3.8) is 0 Å². The summed E-state index contributed by atoms with van der Waals surface area (Å²) in [6, 6.07) is 17.3. The first kappa shape index (κ1) is 23.0. The smallest absolute Gasteiger partial charge is 0.330 e. The fourth-order valence-corrected chi connectivity index (χ4v) is 3.44. The normalized spacial score (nSPS) is 10.8. The predicted octanol–water partition coefficient (Wildman–Crippen LogP) is 2.24. The Bertz CT molecular complexity index is 1170. The van der Waals surface area contributed by atoms with Crippen molar-refractivity contribution in [3.8, 4) is 0 Å². The minimum absolute atomic E-state index is 0.0292. The van der Waals surface area contributed by atoms with Crippen molar-refractivity contribution in [2.24, 2.45) is 0 Å². The van der Waals surface area contributed by atoms with Gasteiger partial charge in [0.25, 0.3) is 5.56 Å². The summed E-state index contributed by atoms with van der Waals surface area (Å²) in [5, 5.41) is 0. The van der Waals surface area contributed by atoms with Crippen molar-refractivity contribution in [2.75, 3.05) is 24.4 Å². The molecule has 0 unspecified atom stereocenters. The van der Waals surface area contributed by atoms with Crippen LogP contribution in [0.1, 0.15) is 23.1 Å². The number of nitrogens with zero attached hydrogens (tertiary/aromatic N) is 2. The third kappa shape index (κ3) is 5.53. The molecule has 32 heavy (non-hydrogen) atoms.